The molecule has 34 heavy (non-hydrogen) atoms. The van der Waals surface area contributed by atoms with Gasteiger partial charge in [-0.25, -0.2) is 19.3 Å². The average molecular weight is 480 g/mol. The lowest BCUT2D eigenvalue weighted by molar-refractivity contribution is 0.0321. The number of halogens is 2. The molecule has 1 aromatic carbocycles. The van der Waals surface area contributed by atoms with E-state index in [-0.39, 0.29) is 12.0 Å². The van der Waals surface area contributed by atoms with Gasteiger partial charge in [0.1, 0.15) is 11.3 Å². The number of benzene rings is 1. The molecule has 2 aliphatic rings. The average Bonchev–Trinajstić information content (AvgIpc) is 3.65. The number of nitrogens with two attached hydrogens (primary N) is 1. The second kappa shape index (κ2) is 9.39. The molecule has 2 aromatic heterocycles. The van der Waals surface area contributed by atoms with Gasteiger partial charge < -0.3 is 10.5 Å². The molecule has 0 radical (unpaired) electrons. The fourth-order valence-corrected chi connectivity index (χ4v) is 4.45. The van der Waals surface area contributed by atoms with Gasteiger partial charge in [0.25, 0.3) is 0 Å². The number of hydrogen-bond donors (Lipinski definition) is 1. The topological polar surface area (TPSA) is 86.3 Å². The van der Waals surface area contributed by atoms with Crippen molar-refractivity contribution in [3.63, 3.8) is 0 Å². The predicted molar refractivity (Wildman–Crippen MR) is 133 cm³/mol. The van der Waals surface area contributed by atoms with Gasteiger partial charge in [0, 0.05) is 52.4 Å². The zero-order valence-corrected chi connectivity index (χ0v) is 20.0. The fourth-order valence-electron chi connectivity index (χ4n) is 4.29. The highest BCUT2D eigenvalue weighted by atomic mass is 35.5. The van der Waals surface area contributed by atoms with Crippen molar-refractivity contribution in [1.82, 2.24) is 15.0 Å². The van der Waals surface area contributed by atoms with Crippen LogP contribution in [0.15, 0.2) is 41.0 Å². The highest BCUT2D eigenvalue weighted by molar-refractivity contribution is 6.30. The molecule has 1 saturated carbocycles. The first-order valence-electron chi connectivity index (χ1n) is 11.6. The van der Waals surface area contributed by atoms with Gasteiger partial charge in [-0.15, -0.1) is 0 Å². The first kappa shape index (κ1) is 22.9. The normalized spacial score (nSPS) is 21.5. The summed E-state index contributed by atoms with van der Waals surface area (Å²) in [5.41, 5.74) is 11.4. The Morgan fingerprint density at radius 1 is 1.12 bits per heavy atom. The lowest BCUT2D eigenvalue weighted by atomic mass is 9.88. The summed E-state index contributed by atoms with van der Waals surface area (Å²) in [6.07, 6.45) is 7.04. The molecule has 2 atom stereocenters. The van der Waals surface area contributed by atoms with E-state index in [9.17, 15) is 4.39 Å². The van der Waals surface area contributed by atoms with Crippen LogP contribution < -0.4 is 5.73 Å². The number of aromatic nitrogens is 3. The Kier molecular flexibility index (Phi) is 6.32. The molecular formula is C26H27ClFN5O. The minimum absolute atomic E-state index is 0.102. The van der Waals surface area contributed by atoms with E-state index in [0.717, 1.165) is 41.9 Å². The SMILES string of the molecule is Cc1nc2nc(C3CCOC(/C(C=NC4CC4)=C/N)C3)cc(-c3ccc(Cl)cc3F)c2nc1C. The Morgan fingerprint density at radius 3 is 2.65 bits per heavy atom. The third-order valence-corrected chi connectivity index (χ3v) is 6.78. The van der Waals surface area contributed by atoms with Crippen LogP contribution in [-0.2, 0) is 4.74 Å². The van der Waals surface area contributed by atoms with Gasteiger partial charge >= 0.3 is 0 Å². The summed E-state index contributed by atoms with van der Waals surface area (Å²) in [7, 11) is 0. The first-order chi connectivity index (χ1) is 16.4. The van der Waals surface area contributed by atoms with E-state index >= 15 is 0 Å². The van der Waals surface area contributed by atoms with Gasteiger partial charge in [0.2, 0.25) is 0 Å². The number of aryl methyl sites for hydroxylation is 2. The van der Waals surface area contributed by atoms with Crippen molar-refractivity contribution in [3.05, 3.63) is 64.0 Å². The Balaban J connectivity index is 1.56. The number of ether oxygens (including phenoxy) is 1. The zero-order valence-electron chi connectivity index (χ0n) is 19.3. The smallest absolute Gasteiger partial charge is 0.179 e. The molecule has 3 heterocycles. The van der Waals surface area contributed by atoms with Crippen molar-refractivity contribution in [1.29, 1.82) is 0 Å². The van der Waals surface area contributed by atoms with Crippen molar-refractivity contribution >= 4 is 29.0 Å². The Morgan fingerprint density at radius 2 is 1.91 bits per heavy atom. The Labute approximate surface area is 203 Å². The molecule has 8 heteroatoms. The summed E-state index contributed by atoms with van der Waals surface area (Å²) in [5.74, 6) is -0.301. The summed E-state index contributed by atoms with van der Waals surface area (Å²) in [6, 6.07) is 7.04. The molecular weight excluding hydrogens is 453 g/mol. The van der Waals surface area contributed by atoms with Crippen LogP contribution in [0.4, 0.5) is 4.39 Å². The zero-order chi connectivity index (χ0) is 23.8. The Hall–Kier alpha value is -2.90. The van der Waals surface area contributed by atoms with E-state index in [1.54, 1.807) is 18.3 Å². The van der Waals surface area contributed by atoms with E-state index in [1.807, 2.05) is 26.1 Å². The maximum Gasteiger partial charge on any atom is 0.179 e. The predicted octanol–water partition coefficient (Wildman–Crippen LogP) is 5.44. The molecule has 3 aromatic rings. The quantitative estimate of drug-likeness (QED) is 0.492. The summed E-state index contributed by atoms with van der Waals surface area (Å²) in [5, 5.41) is 0.346. The third kappa shape index (κ3) is 4.68. The summed E-state index contributed by atoms with van der Waals surface area (Å²) >= 11 is 6.01. The maximum atomic E-state index is 15.0. The first-order valence-corrected chi connectivity index (χ1v) is 12.0. The van der Waals surface area contributed by atoms with Crippen LogP contribution in [0.5, 0.6) is 0 Å². The summed E-state index contributed by atoms with van der Waals surface area (Å²) < 4.78 is 21.0. The molecule has 1 aliphatic carbocycles. The molecule has 2 fully saturated rings. The van der Waals surface area contributed by atoms with Crippen molar-refractivity contribution in [3.8, 4) is 11.1 Å². The highest BCUT2D eigenvalue weighted by Gasteiger charge is 2.29. The number of rotatable bonds is 5. The lowest BCUT2D eigenvalue weighted by Gasteiger charge is -2.30. The molecule has 0 spiro atoms. The number of fused-ring (bicyclic) bond motifs is 1. The molecule has 1 saturated heterocycles. The van der Waals surface area contributed by atoms with E-state index in [4.69, 9.17) is 32.0 Å². The van der Waals surface area contributed by atoms with Gasteiger partial charge in [-0.2, -0.15) is 0 Å². The Bertz CT molecular complexity index is 1300. The van der Waals surface area contributed by atoms with Gasteiger partial charge in [-0.05, 0) is 63.8 Å². The van der Waals surface area contributed by atoms with Crippen LogP contribution in [0.3, 0.4) is 0 Å². The van der Waals surface area contributed by atoms with Crippen LogP contribution >= 0.6 is 11.6 Å². The van der Waals surface area contributed by atoms with E-state index in [1.165, 1.54) is 6.07 Å². The standard InChI is InChI=1S/C26H27ClFN5O/c1-14-15(2)32-26-25(31-14)21(20-6-3-18(27)10-22(20)28)11-23(33-26)16-7-8-34-24(9-16)17(12-29)13-30-19-4-5-19/h3,6,10-13,16,19,24H,4-5,7-9,29H2,1-2H3/b17-12+,30-13?. The molecule has 6 nitrogen and oxygen atoms in total. The van der Waals surface area contributed by atoms with Gasteiger partial charge in [-0.1, -0.05) is 11.6 Å². The summed E-state index contributed by atoms with van der Waals surface area (Å²) in [6.45, 7) is 4.37. The van der Waals surface area contributed by atoms with Crippen molar-refractivity contribution < 1.29 is 9.13 Å². The largest absolute Gasteiger partial charge is 0.404 e. The van der Waals surface area contributed by atoms with Crippen LogP contribution in [0.25, 0.3) is 22.3 Å². The third-order valence-electron chi connectivity index (χ3n) is 6.54. The number of pyridine rings is 1. The molecule has 2 N–H and O–H groups in total. The second-order valence-corrected chi connectivity index (χ2v) is 9.48. The summed E-state index contributed by atoms with van der Waals surface area (Å²) in [4.78, 5) is 18.8. The van der Waals surface area contributed by atoms with E-state index in [0.29, 0.717) is 46.4 Å². The van der Waals surface area contributed by atoms with Crippen LogP contribution in [0.1, 0.15) is 48.7 Å². The van der Waals surface area contributed by atoms with Crippen molar-refractivity contribution in [2.75, 3.05) is 6.61 Å². The monoisotopic (exact) mass is 479 g/mol. The molecule has 0 amide bonds. The van der Waals surface area contributed by atoms with Gasteiger partial charge in [0.15, 0.2) is 5.65 Å². The maximum absolute atomic E-state index is 15.0. The van der Waals surface area contributed by atoms with Gasteiger partial charge in [-0.3, -0.25) is 4.99 Å². The number of nitrogens with zero attached hydrogens (tertiary/aromatic N) is 4. The van der Waals surface area contributed by atoms with Crippen LogP contribution in [0, 0.1) is 19.7 Å². The number of hydrogen-bond acceptors (Lipinski definition) is 6. The highest BCUT2D eigenvalue weighted by Crippen LogP contribution is 2.37. The molecule has 5 rings (SSSR count). The van der Waals surface area contributed by atoms with E-state index in [2.05, 4.69) is 9.98 Å². The van der Waals surface area contributed by atoms with E-state index < -0.39 is 5.82 Å². The molecule has 176 valence electrons. The number of aliphatic imine (C=N–C) groups is 1. The second-order valence-electron chi connectivity index (χ2n) is 9.04. The van der Waals surface area contributed by atoms with Crippen LogP contribution in [-0.4, -0.2) is 39.9 Å². The van der Waals surface area contributed by atoms with Crippen LogP contribution in [0.2, 0.25) is 5.02 Å². The molecule has 0 bridgehead atoms. The lowest BCUT2D eigenvalue weighted by Crippen LogP contribution is -2.28. The van der Waals surface area contributed by atoms with Crippen molar-refractivity contribution in [2.45, 2.75) is 57.6 Å². The molecule has 2 unspecified atom stereocenters. The molecule has 1 aliphatic heterocycles. The van der Waals surface area contributed by atoms with Crippen molar-refractivity contribution in [2.24, 2.45) is 10.7 Å². The van der Waals surface area contributed by atoms with Gasteiger partial charge in [0.05, 0.1) is 23.5 Å². The minimum Gasteiger partial charge on any atom is -0.404 e. The minimum atomic E-state index is -0.402. The fraction of sp³-hybridized carbons (Fsp3) is 0.385.